The quantitative estimate of drug-likeness (QED) is 0.421. The molecule has 3 aliphatic rings. The topological polar surface area (TPSA) is 52.9 Å². The van der Waals surface area contributed by atoms with Crippen LogP contribution < -0.4 is 10.2 Å². The monoisotopic (exact) mass is 481 g/mol. The molecule has 5 nitrogen and oxygen atoms in total. The molecule has 2 heterocycles. The first-order chi connectivity index (χ1) is 17.3. The van der Waals surface area contributed by atoms with Gasteiger partial charge in [-0.1, -0.05) is 55.1 Å². The Morgan fingerprint density at radius 2 is 1.71 bits per heavy atom. The average molecular weight is 482 g/mol. The molecule has 176 valence electrons. The Hall–Kier alpha value is -3.44. The summed E-state index contributed by atoms with van der Waals surface area (Å²) in [6.45, 7) is 0. The highest BCUT2D eigenvalue weighted by atomic mass is 35.5. The average Bonchev–Trinajstić information content (AvgIpc) is 2.90. The molecule has 1 fully saturated rings. The number of para-hydroxylation sites is 3. The summed E-state index contributed by atoms with van der Waals surface area (Å²) in [4.78, 5) is 16.9. The second-order valence-electron chi connectivity index (χ2n) is 9.36. The third-order valence-corrected chi connectivity index (χ3v) is 7.33. The van der Waals surface area contributed by atoms with Crippen LogP contribution in [0.5, 0.6) is 0 Å². The van der Waals surface area contributed by atoms with Crippen LogP contribution in [-0.4, -0.2) is 28.5 Å². The lowest BCUT2D eigenvalue weighted by Gasteiger charge is -2.43. The number of nitrogens with zero attached hydrogens (tertiary/aromatic N) is 4. The maximum Gasteiger partial charge on any atom is 0.0867 e. The van der Waals surface area contributed by atoms with Crippen molar-refractivity contribution in [3.8, 4) is 0 Å². The van der Waals surface area contributed by atoms with Gasteiger partial charge in [-0.2, -0.15) is 0 Å². The Morgan fingerprint density at radius 1 is 0.914 bits per heavy atom. The van der Waals surface area contributed by atoms with Crippen LogP contribution in [0.4, 0.5) is 22.7 Å². The Labute approximate surface area is 211 Å². The van der Waals surface area contributed by atoms with E-state index in [9.17, 15) is 0 Å². The van der Waals surface area contributed by atoms with Gasteiger partial charge in [0.2, 0.25) is 0 Å². The number of rotatable bonds is 3. The van der Waals surface area contributed by atoms with Crippen LogP contribution >= 0.6 is 11.6 Å². The van der Waals surface area contributed by atoms with Crippen LogP contribution in [-0.2, 0) is 0 Å². The number of nitrogens with one attached hydrogen (secondary N) is 1. The summed E-state index contributed by atoms with van der Waals surface area (Å²) in [5, 5.41) is 4.42. The van der Waals surface area contributed by atoms with Crippen LogP contribution in [0.1, 0.15) is 38.5 Å². The van der Waals surface area contributed by atoms with E-state index in [0.29, 0.717) is 6.04 Å². The molecule has 1 aromatic heterocycles. The van der Waals surface area contributed by atoms with Crippen molar-refractivity contribution in [2.45, 2.75) is 50.6 Å². The maximum absolute atomic E-state index is 6.74. The van der Waals surface area contributed by atoms with Crippen LogP contribution in [0, 0.1) is 0 Å². The lowest BCUT2D eigenvalue weighted by atomic mass is 9.89. The fourth-order valence-corrected chi connectivity index (χ4v) is 5.56. The highest BCUT2D eigenvalue weighted by Gasteiger charge is 2.37. The Balaban J connectivity index is 1.49. The Morgan fingerprint density at radius 3 is 2.51 bits per heavy atom. The number of allylic oxidation sites excluding steroid dienone is 1. The number of fused-ring (bicyclic) bond motifs is 2. The SMILES string of the molecule is Clc1ccccc1N1c2ccccc2NC2=CC(=Nc3cccnc3)C(=NC3CCCCC3)CC21. The van der Waals surface area contributed by atoms with Crippen molar-refractivity contribution < 1.29 is 0 Å². The molecular weight excluding hydrogens is 454 g/mol. The van der Waals surface area contributed by atoms with Gasteiger partial charge in [0, 0.05) is 18.3 Å². The number of aromatic nitrogens is 1. The molecule has 1 aliphatic heterocycles. The molecular formula is C29H28ClN5. The standard InChI is InChI=1S/C29H28ClN5/c30-22-12-4-6-14-27(22)35-28-15-7-5-13-23(28)34-26-17-24(33-21-11-8-16-31-19-21)25(18-29(26)35)32-20-9-2-1-3-10-20/h4-8,11-17,19-20,29,34H,1-3,9-10,18H2. The lowest BCUT2D eigenvalue weighted by Crippen LogP contribution is -2.45. The largest absolute Gasteiger partial charge is 0.355 e. The molecule has 3 aromatic rings. The van der Waals surface area contributed by atoms with E-state index in [1.165, 1.54) is 19.3 Å². The third-order valence-electron chi connectivity index (χ3n) is 7.01. The molecule has 2 aromatic carbocycles. The van der Waals surface area contributed by atoms with Gasteiger partial charge in [0.15, 0.2) is 0 Å². The van der Waals surface area contributed by atoms with E-state index in [0.717, 1.165) is 64.2 Å². The van der Waals surface area contributed by atoms with Gasteiger partial charge in [-0.05, 0) is 55.3 Å². The molecule has 0 amide bonds. The van der Waals surface area contributed by atoms with Crippen molar-refractivity contribution in [1.29, 1.82) is 0 Å². The molecule has 0 bridgehead atoms. The maximum atomic E-state index is 6.74. The van der Waals surface area contributed by atoms with Crippen LogP contribution in [0.15, 0.2) is 94.8 Å². The number of aliphatic imine (C=N–C) groups is 2. The smallest absolute Gasteiger partial charge is 0.0867 e. The second kappa shape index (κ2) is 9.67. The van der Waals surface area contributed by atoms with Crippen LogP contribution in [0.25, 0.3) is 0 Å². The molecule has 1 N–H and O–H groups in total. The van der Waals surface area contributed by atoms with Crippen molar-refractivity contribution >= 4 is 45.8 Å². The Kier molecular flexibility index (Phi) is 6.09. The molecule has 1 unspecified atom stereocenters. The van der Waals surface area contributed by atoms with Crippen LogP contribution in [0.3, 0.4) is 0 Å². The van der Waals surface area contributed by atoms with Crippen molar-refractivity contribution in [3.63, 3.8) is 0 Å². The van der Waals surface area contributed by atoms with E-state index in [1.54, 1.807) is 12.4 Å². The molecule has 0 spiro atoms. The van der Waals surface area contributed by atoms with E-state index < -0.39 is 0 Å². The van der Waals surface area contributed by atoms with Crippen molar-refractivity contribution in [2.24, 2.45) is 9.98 Å². The number of benzene rings is 2. The van der Waals surface area contributed by atoms with Crippen LogP contribution in [0.2, 0.25) is 5.02 Å². The minimum atomic E-state index is 0.0555. The van der Waals surface area contributed by atoms with E-state index in [4.69, 9.17) is 21.6 Å². The predicted molar refractivity (Wildman–Crippen MR) is 146 cm³/mol. The number of halogens is 1. The summed E-state index contributed by atoms with van der Waals surface area (Å²) in [7, 11) is 0. The predicted octanol–water partition coefficient (Wildman–Crippen LogP) is 7.50. The van der Waals surface area contributed by atoms with E-state index in [1.807, 2.05) is 30.3 Å². The first kappa shape index (κ1) is 22.1. The van der Waals surface area contributed by atoms with Gasteiger partial charge in [-0.15, -0.1) is 0 Å². The number of hydrogen-bond donors (Lipinski definition) is 1. The minimum Gasteiger partial charge on any atom is -0.355 e. The molecule has 0 saturated heterocycles. The zero-order valence-corrected chi connectivity index (χ0v) is 20.3. The summed E-state index contributed by atoms with van der Waals surface area (Å²) in [6, 6.07) is 20.8. The van der Waals surface area contributed by atoms with Crippen molar-refractivity contribution in [1.82, 2.24) is 4.98 Å². The van der Waals surface area contributed by atoms with Gasteiger partial charge in [-0.3, -0.25) is 9.98 Å². The third kappa shape index (κ3) is 4.48. The number of hydrogen-bond acceptors (Lipinski definition) is 5. The van der Waals surface area contributed by atoms with E-state index in [2.05, 4.69) is 51.6 Å². The summed E-state index contributed by atoms with van der Waals surface area (Å²) >= 11 is 6.74. The molecule has 6 rings (SSSR count). The summed E-state index contributed by atoms with van der Waals surface area (Å²) in [6.07, 6.45) is 12.6. The summed E-state index contributed by atoms with van der Waals surface area (Å²) < 4.78 is 0. The number of pyridine rings is 1. The molecule has 0 radical (unpaired) electrons. The fourth-order valence-electron chi connectivity index (χ4n) is 5.34. The molecule has 35 heavy (non-hydrogen) atoms. The first-order valence-electron chi connectivity index (χ1n) is 12.4. The summed E-state index contributed by atoms with van der Waals surface area (Å²) in [5.41, 5.74) is 7.11. The molecule has 1 saturated carbocycles. The van der Waals surface area contributed by atoms with Gasteiger partial charge in [0.05, 0.1) is 57.5 Å². The van der Waals surface area contributed by atoms with E-state index in [-0.39, 0.29) is 6.04 Å². The van der Waals surface area contributed by atoms with Gasteiger partial charge in [0.1, 0.15) is 0 Å². The zero-order valence-electron chi connectivity index (χ0n) is 19.6. The second-order valence-corrected chi connectivity index (χ2v) is 9.77. The van der Waals surface area contributed by atoms with Gasteiger partial charge < -0.3 is 10.2 Å². The van der Waals surface area contributed by atoms with Gasteiger partial charge >= 0.3 is 0 Å². The highest BCUT2D eigenvalue weighted by molar-refractivity contribution is 6.48. The van der Waals surface area contributed by atoms with Gasteiger partial charge in [-0.25, -0.2) is 4.99 Å². The molecule has 1 atom stereocenters. The summed E-state index contributed by atoms with van der Waals surface area (Å²) in [5.74, 6) is 0. The van der Waals surface area contributed by atoms with Crippen molar-refractivity contribution in [3.05, 3.63) is 89.9 Å². The molecule has 2 aliphatic carbocycles. The highest BCUT2D eigenvalue weighted by Crippen LogP contribution is 2.45. The minimum absolute atomic E-state index is 0.0555. The number of anilines is 3. The normalized spacial score (nSPS) is 22.4. The first-order valence-corrected chi connectivity index (χ1v) is 12.8. The zero-order chi connectivity index (χ0) is 23.6. The van der Waals surface area contributed by atoms with E-state index >= 15 is 0 Å². The van der Waals surface area contributed by atoms with Crippen molar-refractivity contribution in [2.75, 3.05) is 10.2 Å². The molecule has 6 heteroatoms. The lowest BCUT2D eigenvalue weighted by molar-refractivity contribution is 0.443. The van der Waals surface area contributed by atoms with Gasteiger partial charge in [0.25, 0.3) is 0 Å². The Bertz CT molecular complexity index is 1310. The fraction of sp³-hybridized carbons (Fsp3) is 0.276.